The van der Waals surface area contributed by atoms with Crippen LogP contribution < -0.4 is 20.9 Å². The molecule has 0 saturated heterocycles. The lowest BCUT2D eigenvalue weighted by Gasteiger charge is -2.31. The van der Waals surface area contributed by atoms with E-state index in [1.807, 2.05) is 18.2 Å². The summed E-state index contributed by atoms with van der Waals surface area (Å²) in [6.07, 6.45) is 1.37. The van der Waals surface area contributed by atoms with Gasteiger partial charge in [0.25, 0.3) is 5.91 Å². The lowest BCUT2D eigenvalue weighted by atomic mass is 10.0. The Kier molecular flexibility index (Phi) is 8.64. The van der Waals surface area contributed by atoms with Crippen LogP contribution in [0.3, 0.4) is 0 Å². The van der Waals surface area contributed by atoms with Crippen molar-refractivity contribution in [3.8, 4) is 0 Å². The van der Waals surface area contributed by atoms with Crippen LogP contribution >= 0.6 is 0 Å². The van der Waals surface area contributed by atoms with Crippen molar-refractivity contribution in [3.05, 3.63) is 65.6 Å². The lowest BCUT2D eigenvalue weighted by Crippen LogP contribution is -2.60. The van der Waals surface area contributed by atoms with E-state index in [0.29, 0.717) is 5.56 Å². The third-order valence-electron chi connectivity index (χ3n) is 7.88. The third kappa shape index (κ3) is 6.40. The Morgan fingerprint density at radius 1 is 1.11 bits per heavy atom. The van der Waals surface area contributed by atoms with Crippen LogP contribution in [0.15, 0.2) is 48.7 Å². The topological polar surface area (TPSA) is 212 Å². The van der Waals surface area contributed by atoms with Gasteiger partial charge < -0.3 is 21.1 Å². The molecule has 1 fully saturated rings. The van der Waals surface area contributed by atoms with Gasteiger partial charge in [-0.05, 0) is 29.5 Å². The predicted octanol–water partition coefficient (Wildman–Crippen LogP) is -0.0981. The van der Waals surface area contributed by atoms with Crippen LogP contribution in [-0.2, 0) is 43.4 Å². The van der Waals surface area contributed by atoms with Gasteiger partial charge in [0.15, 0.2) is 5.82 Å². The minimum Gasteiger partial charge on any atom is -0.481 e. The normalized spacial score (nSPS) is 20.8. The molecule has 2 unspecified atom stereocenters. The molecular formula is C29H33N9O6. The number of nitrogens with one attached hydrogen (secondary N) is 4. The number of aromatic amines is 1. The molecule has 0 radical (unpaired) electrons. The molecule has 44 heavy (non-hydrogen) atoms. The number of carbonyl (C=O) groups excluding carboxylic acids is 4. The number of nitrogens with zero attached hydrogens (tertiary/aromatic N) is 5. The lowest BCUT2D eigenvalue weighted by molar-refractivity contribution is -0.138. The number of hydrogen-bond donors (Lipinski definition) is 5. The van der Waals surface area contributed by atoms with Crippen molar-refractivity contribution in [3.63, 3.8) is 0 Å². The summed E-state index contributed by atoms with van der Waals surface area (Å²) in [7, 11) is 0. The summed E-state index contributed by atoms with van der Waals surface area (Å²) < 4.78 is 0. The highest BCUT2D eigenvalue weighted by molar-refractivity contribution is 6.10. The van der Waals surface area contributed by atoms with Crippen molar-refractivity contribution in [2.24, 2.45) is 11.8 Å². The Labute approximate surface area is 252 Å². The Hall–Kier alpha value is -5.21. The highest BCUT2D eigenvalue weighted by atomic mass is 16.4. The quantitative estimate of drug-likeness (QED) is 0.185. The molecule has 0 spiro atoms. The van der Waals surface area contributed by atoms with Crippen LogP contribution in [0, 0.1) is 11.8 Å². The number of amides is 4. The third-order valence-corrected chi connectivity index (χ3v) is 7.88. The van der Waals surface area contributed by atoms with Crippen molar-refractivity contribution in [1.29, 1.82) is 0 Å². The molecule has 15 nitrogen and oxygen atoms in total. The number of carboxylic acids is 1. The predicted molar refractivity (Wildman–Crippen MR) is 153 cm³/mol. The first-order chi connectivity index (χ1) is 21.1. The Morgan fingerprint density at radius 3 is 2.57 bits per heavy atom. The number of aromatic nitrogens is 5. The average Bonchev–Trinajstić information content (AvgIpc) is 3.31. The summed E-state index contributed by atoms with van der Waals surface area (Å²) in [5, 5.41) is 31.2. The molecule has 2 aliphatic rings. The molecule has 5 N–H and O–H groups in total. The first-order valence-electron chi connectivity index (χ1n) is 14.2. The highest BCUT2D eigenvalue weighted by Gasteiger charge is 2.65. The first-order valence-corrected chi connectivity index (χ1v) is 14.2. The maximum Gasteiger partial charge on any atom is 0.303 e. The second-order valence-corrected chi connectivity index (χ2v) is 11.3. The van der Waals surface area contributed by atoms with Gasteiger partial charge in [0, 0.05) is 18.5 Å². The van der Waals surface area contributed by atoms with Gasteiger partial charge in [0.05, 0.1) is 19.4 Å². The van der Waals surface area contributed by atoms with Gasteiger partial charge in [0.1, 0.15) is 23.4 Å². The van der Waals surface area contributed by atoms with E-state index in [9.17, 15) is 29.1 Å². The van der Waals surface area contributed by atoms with Gasteiger partial charge in [0.2, 0.25) is 17.7 Å². The van der Waals surface area contributed by atoms with Crippen LogP contribution in [0.5, 0.6) is 0 Å². The van der Waals surface area contributed by atoms with Gasteiger partial charge in [-0.2, -0.15) is 5.21 Å². The second-order valence-electron chi connectivity index (χ2n) is 11.3. The maximum atomic E-state index is 14.4. The molecule has 1 aliphatic carbocycles. The average molecular weight is 604 g/mol. The van der Waals surface area contributed by atoms with E-state index in [2.05, 4.69) is 41.6 Å². The number of carboxylic acid groups (broad SMARTS) is 1. The van der Waals surface area contributed by atoms with Crippen LogP contribution in [0.2, 0.25) is 0 Å². The standard InChI is InChI=1S/C29H33N9O6/c1-16(2)24(32-22(39)11-17-7-4-3-5-8-17)27(43)33-29(14-19(29)13-23(40)41)28(44)38-20(12-18-9-6-10-30-25(18)38)26(42)31-15-21-34-36-37-35-21/h3-10,16,19-20,24H,11-15H2,1-2H3,(H,31,42)(H,32,39)(H,33,43)(H,40,41)(H,34,35,36,37)/t19?,20-,24-,29?/m0/s1. The Balaban J connectivity index is 1.38. The molecule has 3 aromatic rings. The zero-order valence-electron chi connectivity index (χ0n) is 24.2. The van der Waals surface area contributed by atoms with Crippen molar-refractivity contribution >= 4 is 35.4 Å². The van der Waals surface area contributed by atoms with Crippen molar-refractivity contribution in [1.82, 2.24) is 41.6 Å². The minimum absolute atomic E-state index is 0.0418. The fraction of sp³-hybridized carbons (Fsp3) is 0.414. The number of H-pyrrole nitrogens is 1. The van der Waals surface area contributed by atoms with E-state index >= 15 is 0 Å². The number of benzene rings is 1. The number of pyridine rings is 1. The Morgan fingerprint density at radius 2 is 1.89 bits per heavy atom. The van der Waals surface area contributed by atoms with E-state index in [4.69, 9.17) is 0 Å². The fourth-order valence-corrected chi connectivity index (χ4v) is 5.55. The van der Waals surface area contributed by atoms with Crippen LogP contribution in [-0.4, -0.2) is 77.9 Å². The molecule has 3 heterocycles. The highest BCUT2D eigenvalue weighted by Crippen LogP contribution is 2.49. The molecule has 230 valence electrons. The van der Waals surface area contributed by atoms with Crippen LogP contribution in [0.4, 0.5) is 5.82 Å². The summed E-state index contributed by atoms with van der Waals surface area (Å²) in [5.41, 5.74) is -0.198. The maximum absolute atomic E-state index is 14.4. The van der Waals surface area contributed by atoms with E-state index in [0.717, 1.165) is 5.56 Å². The summed E-state index contributed by atoms with van der Waals surface area (Å²) >= 11 is 0. The summed E-state index contributed by atoms with van der Waals surface area (Å²) in [6.45, 7) is 3.47. The van der Waals surface area contributed by atoms with Crippen molar-refractivity contribution in [2.75, 3.05) is 4.90 Å². The Bertz CT molecular complexity index is 1550. The van der Waals surface area contributed by atoms with E-state index in [1.54, 1.807) is 38.1 Å². The number of fused-ring (bicyclic) bond motifs is 1. The molecule has 5 rings (SSSR count). The minimum atomic E-state index is -1.61. The van der Waals surface area contributed by atoms with Gasteiger partial charge in [-0.1, -0.05) is 55.5 Å². The van der Waals surface area contributed by atoms with E-state index in [1.165, 1.54) is 11.1 Å². The molecule has 1 saturated carbocycles. The largest absolute Gasteiger partial charge is 0.481 e. The molecular weight excluding hydrogens is 570 g/mol. The van der Waals surface area contributed by atoms with E-state index < -0.39 is 47.2 Å². The molecule has 0 bridgehead atoms. The van der Waals surface area contributed by atoms with Crippen LogP contribution in [0.1, 0.15) is 43.6 Å². The summed E-state index contributed by atoms with van der Waals surface area (Å²) in [4.78, 5) is 71.6. The molecule has 1 aromatic carbocycles. The number of carbonyl (C=O) groups is 5. The number of rotatable bonds is 12. The molecule has 4 amide bonds. The molecule has 4 atom stereocenters. The SMILES string of the molecule is CC(C)[C@H](NC(=O)Cc1ccccc1)C(=O)NC1(C(=O)N2c3ncccc3C[C@H]2C(=O)NCc2nn[nH]n2)CC1CC(=O)O. The zero-order chi connectivity index (χ0) is 31.4. The van der Waals surface area contributed by atoms with Crippen molar-refractivity contribution < 1.29 is 29.1 Å². The monoisotopic (exact) mass is 603 g/mol. The van der Waals surface area contributed by atoms with Crippen molar-refractivity contribution in [2.45, 2.75) is 63.7 Å². The van der Waals surface area contributed by atoms with Crippen LogP contribution in [0.25, 0.3) is 0 Å². The van der Waals surface area contributed by atoms with Gasteiger partial charge in [-0.15, -0.1) is 10.2 Å². The molecule has 2 aromatic heterocycles. The number of tetrazole rings is 1. The van der Waals surface area contributed by atoms with E-state index in [-0.39, 0.29) is 55.7 Å². The zero-order valence-corrected chi connectivity index (χ0v) is 24.2. The number of anilines is 1. The summed E-state index contributed by atoms with van der Waals surface area (Å²) in [5.74, 6) is -3.88. The molecule has 15 heteroatoms. The summed E-state index contributed by atoms with van der Waals surface area (Å²) in [6, 6.07) is 10.5. The number of hydrogen-bond acceptors (Lipinski definition) is 9. The first kappa shape index (κ1) is 30.3. The van der Waals surface area contributed by atoms with Gasteiger partial charge in [-0.3, -0.25) is 28.9 Å². The van der Waals surface area contributed by atoms with Gasteiger partial charge in [-0.25, -0.2) is 4.98 Å². The second kappa shape index (κ2) is 12.6. The number of aliphatic carboxylic acids is 1. The van der Waals surface area contributed by atoms with Gasteiger partial charge >= 0.3 is 5.97 Å². The fourth-order valence-electron chi connectivity index (χ4n) is 5.55. The molecule has 1 aliphatic heterocycles. The smallest absolute Gasteiger partial charge is 0.303 e.